The molecule has 6 heavy (non-hydrogen) atoms. The van der Waals surface area contributed by atoms with Crippen LogP contribution in [0.3, 0.4) is 0 Å². The summed E-state index contributed by atoms with van der Waals surface area (Å²) in [5, 5.41) is 0. The van der Waals surface area contributed by atoms with E-state index in [1.165, 1.54) is 0 Å². The van der Waals surface area contributed by atoms with Crippen molar-refractivity contribution in [1.82, 2.24) is 0 Å². The summed E-state index contributed by atoms with van der Waals surface area (Å²) >= 11 is 0.750. The van der Waals surface area contributed by atoms with Gasteiger partial charge in [0.15, 0.2) is 0 Å². The van der Waals surface area contributed by atoms with Crippen LogP contribution >= 0.6 is 0 Å². The Bertz CT molecular complexity index is 22.0. The summed E-state index contributed by atoms with van der Waals surface area (Å²) in [6.07, 6.45) is 0. The van der Waals surface area contributed by atoms with E-state index in [0.29, 0.717) is 0 Å². The summed E-state index contributed by atoms with van der Waals surface area (Å²) in [5.74, 6) is 0. The summed E-state index contributed by atoms with van der Waals surface area (Å²) in [5.41, 5.74) is 0. The third kappa shape index (κ3) is 27.3. The summed E-state index contributed by atoms with van der Waals surface area (Å²) in [6, 6.07) is 0. The van der Waals surface area contributed by atoms with E-state index in [-0.39, 0.29) is 85.4 Å². The summed E-state index contributed by atoms with van der Waals surface area (Å²) in [7, 11) is 0. The third-order valence-corrected chi connectivity index (χ3v) is 0. The zero-order valence-electron chi connectivity index (χ0n) is 5.64. The normalized spacial score (nSPS) is 0.500. The van der Waals surface area contributed by atoms with Crippen molar-refractivity contribution in [2.45, 2.75) is 0 Å². The van der Waals surface area contributed by atoms with Gasteiger partial charge in [-0.15, -0.1) is 0 Å². The molecule has 1 nitrogen and oxygen atoms in total. The molecule has 1 radical (unpaired) electrons. The van der Waals surface area contributed by atoms with E-state index in [9.17, 15) is 0 Å². The van der Waals surface area contributed by atoms with Gasteiger partial charge in [0.2, 0.25) is 0 Å². The molecule has 0 bridgehead atoms. The molecule has 0 amide bonds. The minimum absolute atomic E-state index is 0. The Labute approximate surface area is 107 Å². The summed E-state index contributed by atoms with van der Waals surface area (Å²) in [6.45, 7) is 0. The summed E-state index contributed by atoms with van der Waals surface area (Å²) < 4.78 is 8.25. The van der Waals surface area contributed by atoms with Gasteiger partial charge in [-0.3, -0.25) is 0 Å². The van der Waals surface area contributed by atoms with Crippen LogP contribution in [0.5, 0.6) is 0 Å². The van der Waals surface area contributed by atoms with Gasteiger partial charge >= 0.3 is 72.1 Å². The van der Waals surface area contributed by atoms with Gasteiger partial charge in [-0.05, 0) is 0 Å². The molecule has 0 unspecified atom stereocenters. The van der Waals surface area contributed by atoms with Gasteiger partial charge in [-0.1, -0.05) is 0 Å². The predicted octanol–water partition coefficient (Wildman–Crippen LogP) is -5.89. The minimum atomic E-state index is 0. The Morgan fingerprint density at radius 2 is 1.33 bits per heavy atom. The van der Waals surface area contributed by atoms with Gasteiger partial charge in [0.05, 0.1) is 0 Å². The topological polar surface area (TPSA) is 17.1 Å². The predicted molar refractivity (Wildman–Crippen MR) is 2.91 cm³/mol. The van der Waals surface area contributed by atoms with Crippen molar-refractivity contribution in [3.05, 3.63) is 0 Å². The molecule has 0 aliphatic carbocycles. The first-order valence-corrected chi connectivity index (χ1v) is 0.842. The molecule has 0 aliphatic rings. The van der Waals surface area contributed by atoms with E-state index in [0.717, 1.165) is 20.4 Å². The Morgan fingerprint density at radius 3 is 1.33 bits per heavy atom. The van der Waals surface area contributed by atoms with Crippen molar-refractivity contribution >= 4 is 0 Å². The molecule has 0 aliphatic heterocycles. The number of hydrogen-bond acceptors (Lipinski definition) is 1. The van der Waals surface area contributed by atoms with Crippen molar-refractivity contribution in [2.75, 3.05) is 0 Å². The van der Waals surface area contributed by atoms with Crippen LogP contribution in [-0.4, -0.2) is 0 Å². The van der Waals surface area contributed by atoms with Gasteiger partial charge in [-0.25, -0.2) is 0 Å². The molecule has 0 aromatic carbocycles. The molecule has 0 N–H and O–H groups in total. The van der Waals surface area contributed by atoms with Crippen LogP contribution in [0.4, 0.5) is 0 Å². The van der Waals surface area contributed by atoms with Crippen molar-refractivity contribution in [3.8, 4) is 0 Å². The Morgan fingerprint density at radius 1 is 1.33 bits per heavy atom. The first-order chi connectivity index (χ1) is 1.00. The van der Waals surface area contributed by atoms with E-state index >= 15 is 0 Å². The van der Waals surface area contributed by atoms with Crippen LogP contribution in [-0.2, 0) is 57.9 Å². The molecular formula is H2FeLiMnNaOTi. The monoisotopic (exact) mass is 207 g/mol. The second kappa shape index (κ2) is 42.0. The van der Waals surface area contributed by atoms with Gasteiger partial charge < -0.3 is 2.85 Å². The average Bonchev–Trinajstić information content (AvgIpc) is 1.00. The molecule has 0 atom stereocenters. The fourth-order valence-corrected chi connectivity index (χ4v) is 0. The zero-order valence-corrected chi connectivity index (χ0v) is 9.49. The number of rotatable bonds is 0. The quantitative estimate of drug-likeness (QED) is 0.361. The summed E-state index contributed by atoms with van der Waals surface area (Å²) in [4.78, 5) is 0. The van der Waals surface area contributed by atoms with Gasteiger partial charge in [0.1, 0.15) is 0 Å². The Hall–Kier alpha value is 3.15. The molecule has 0 aromatic heterocycles. The van der Waals surface area contributed by atoms with E-state index in [1.807, 2.05) is 0 Å². The Balaban J connectivity index is -0.000000000333. The molecule has 0 aromatic rings. The second-order valence-electron chi connectivity index (χ2n) is 0. The van der Waals surface area contributed by atoms with E-state index in [4.69, 9.17) is 3.32 Å². The third-order valence-electron chi connectivity index (χ3n) is 0. The molecule has 6 heteroatoms. The standard InChI is InChI=1S/Fe.Li.Mn.Na.O.Ti.2H/q;+1;;+1;;;2*-1. The van der Waals surface area contributed by atoms with Crippen LogP contribution in [0, 0.1) is 0 Å². The van der Waals surface area contributed by atoms with Crippen LogP contribution < -0.4 is 48.4 Å². The molecule has 29 valence electrons. The maximum absolute atomic E-state index is 8.25. The van der Waals surface area contributed by atoms with Gasteiger partial charge in [0.25, 0.3) is 0 Å². The van der Waals surface area contributed by atoms with Crippen LogP contribution in [0.2, 0.25) is 0 Å². The zero-order chi connectivity index (χ0) is 2.00. The fourth-order valence-electron chi connectivity index (χ4n) is 0. The molecule has 0 fully saturated rings. The molecule has 0 saturated heterocycles. The van der Waals surface area contributed by atoms with E-state index in [1.54, 1.807) is 0 Å². The average molecular weight is 207 g/mol. The second-order valence-corrected chi connectivity index (χ2v) is 0. The van der Waals surface area contributed by atoms with Gasteiger partial charge in [0, 0.05) is 34.1 Å². The molecule has 0 heterocycles. The first kappa shape index (κ1) is 35.3. The number of hydrogen-bond donors (Lipinski definition) is 0. The molecule has 0 rings (SSSR count). The van der Waals surface area contributed by atoms with Crippen molar-refractivity contribution in [3.63, 3.8) is 0 Å². The van der Waals surface area contributed by atoms with Crippen LogP contribution in [0.15, 0.2) is 0 Å². The van der Waals surface area contributed by atoms with Crippen molar-refractivity contribution in [1.29, 1.82) is 0 Å². The first-order valence-electron chi connectivity index (χ1n) is 0.204. The van der Waals surface area contributed by atoms with Gasteiger partial charge in [-0.2, -0.15) is 0 Å². The molecular weight excluding hydrogens is 205 g/mol. The van der Waals surface area contributed by atoms with Crippen LogP contribution in [0.1, 0.15) is 2.85 Å². The van der Waals surface area contributed by atoms with E-state index in [2.05, 4.69) is 0 Å². The van der Waals surface area contributed by atoms with Crippen molar-refractivity contribution < 1.29 is 109 Å². The van der Waals surface area contributed by atoms with Crippen LogP contribution in [0.25, 0.3) is 0 Å². The SMILES string of the molecule is [Fe].[H-].[H-].[Li+].[Mn].[Na+].[O]=[Ti]. The van der Waals surface area contributed by atoms with E-state index < -0.39 is 0 Å². The fraction of sp³-hybridized carbons (Fsp3) is 0. The molecule has 0 saturated carbocycles. The van der Waals surface area contributed by atoms with Crippen molar-refractivity contribution in [2.24, 2.45) is 0 Å². The molecule has 0 spiro atoms. The maximum atomic E-state index is 8.25. The Kier molecular flexibility index (Phi) is 247.